The van der Waals surface area contributed by atoms with Gasteiger partial charge in [0.2, 0.25) is 0 Å². The molecule has 118 valence electrons. The fourth-order valence-electron chi connectivity index (χ4n) is 3.18. The Balaban J connectivity index is 1.69. The first-order valence-corrected chi connectivity index (χ1v) is 7.90. The Labute approximate surface area is 133 Å². The standard InChI is InChI=1S/C18H17F2N3/c19-13-5-4-12-8-17(22-15(12)9-13)16-10-14(20)18(11-21-16)23-6-2-1-3-7-23/h4-5,8-11,22H,1-3,6-7H2. The van der Waals surface area contributed by atoms with Gasteiger partial charge in [-0.2, -0.15) is 0 Å². The van der Waals surface area contributed by atoms with Gasteiger partial charge in [0.05, 0.1) is 23.3 Å². The number of nitrogens with one attached hydrogen (secondary N) is 1. The molecule has 3 heterocycles. The molecule has 4 rings (SSSR count). The van der Waals surface area contributed by atoms with Crippen LogP contribution in [0.3, 0.4) is 0 Å². The molecule has 0 atom stereocenters. The minimum atomic E-state index is -0.300. The molecule has 1 aliphatic heterocycles. The summed E-state index contributed by atoms with van der Waals surface area (Å²) in [5.74, 6) is -0.563. The van der Waals surface area contributed by atoms with Crippen LogP contribution in [-0.2, 0) is 0 Å². The summed E-state index contributed by atoms with van der Waals surface area (Å²) in [5, 5.41) is 0.878. The number of piperidine rings is 1. The van der Waals surface area contributed by atoms with E-state index in [4.69, 9.17) is 0 Å². The van der Waals surface area contributed by atoms with E-state index in [1.54, 1.807) is 12.3 Å². The second kappa shape index (κ2) is 5.65. The van der Waals surface area contributed by atoms with Crippen LogP contribution in [-0.4, -0.2) is 23.1 Å². The fraction of sp³-hybridized carbons (Fsp3) is 0.278. The molecule has 1 saturated heterocycles. The number of anilines is 1. The summed E-state index contributed by atoms with van der Waals surface area (Å²) in [6, 6.07) is 7.84. The van der Waals surface area contributed by atoms with E-state index in [1.807, 2.05) is 6.07 Å². The number of rotatable bonds is 2. The topological polar surface area (TPSA) is 31.9 Å². The average Bonchev–Trinajstić information content (AvgIpc) is 2.98. The molecule has 3 nitrogen and oxygen atoms in total. The van der Waals surface area contributed by atoms with Crippen LogP contribution in [0.5, 0.6) is 0 Å². The third kappa shape index (κ3) is 2.67. The summed E-state index contributed by atoms with van der Waals surface area (Å²) in [7, 11) is 0. The molecular weight excluding hydrogens is 296 g/mol. The lowest BCUT2D eigenvalue weighted by Gasteiger charge is -2.28. The molecule has 0 saturated carbocycles. The van der Waals surface area contributed by atoms with Gasteiger partial charge in [-0.3, -0.25) is 4.98 Å². The maximum Gasteiger partial charge on any atom is 0.150 e. The smallest absolute Gasteiger partial charge is 0.150 e. The van der Waals surface area contributed by atoms with Gasteiger partial charge in [0.1, 0.15) is 11.6 Å². The average molecular weight is 313 g/mol. The Morgan fingerprint density at radius 3 is 2.61 bits per heavy atom. The van der Waals surface area contributed by atoms with Crippen molar-refractivity contribution in [2.24, 2.45) is 0 Å². The van der Waals surface area contributed by atoms with Crippen LogP contribution in [0.4, 0.5) is 14.5 Å². The first-order valence-electron chi connectivity index (χ1n) is 7.90. The first kappa shape index (κ1) is 14.2. The van der Waals surface area contributed by atoms with Crippen molar-refractivity contribution in [1.82, 2.24) is 9.97 Å². The molecule has 0 bridgehead atoms. The number of hydrogen-bond donors (Lipinski definition) is 1. The van der Waals surface area contributed by atoms with E-state index >= 15 is 0 Å². The van der Waals surface area contributed by atoms with Crippen molar-refractivity contribution in [1.29, 1.82) is 0 Å². The van der Waals surface area contributed by atoms with E-state index in [1.165, 1.54) is 24.6 Å². The molecule has 0 radical (unpaired) electrons. The number of halogens is 2. The van der Waals surface area contributed by atoms with E-state index in [0.717, 1.165) is 31.3 Å². The van der Waals surface area contributed by atoms with Crippen molar-refractivity contribution in [2.75, 3.05) is 18.0 Å². The third-order valence-corrected chi connectivity index (χ3v) is 4.39. The molecule has 0 amide bonds. The fourth-order valence-corrected chi connectivity index (χ4v) is 3.18. The molecule has 3 aromatic rings. The lowest BCUT2D eigenvalue weighted by atomic mass is 10.1. The van der Waals surface area contributed by atoms with Crippen molar-refractivity contribution < 1.29 is 8.78 Å². The number of aromatic nitrogens is 2. The second-order valence-electron chi connectivity index (χ2n) is 5.98. The lowest BCUT2D eigenvalue weighted by molar-refractivity contribution is 0.556. The molecule has 1 aromatic carbocycles. The molecule has 0 aliphatic carbocycles. The van der Waals surface area contributed by atoms with Gasteiger partial charge in [-0.1, -0.05) is 0 Å². The molecule has 5 heteroatoms. The molecule has 1 fully saturated rings. The predicted octanol–water partition coefficient (Wildman–Crippen LogP) is 4.50. The number of hydrogen-bond acceptors (Lipinski definition) is 2. The van der Waals surface area contributed by atoms with Crippen LogP contribution in [0.2, 0.25) is 0 Å². The minimum Gasteiger partial charge on any atom is -0.368 e. The van der Waals surface area contributed by atoms with E-state index in [2.05, 4.69) is 14.9 Å². The molecule has 1 aliphatic rings. The van der Waals surface area contributed by atoms with Gasteiger partial charge in [0.15, 0.2) is 0 Å². The Bertz CT molecular complexity index is 851. The third-order valence-electron chi connectivity index (χ3n) is 4.39. The molecule has 2 aromatic heterocycles. The molecule has 0 unspecified atom stereocenters. The van der Waals surface area contributed by atoms with E-state index < -0.39 is 0 Å². The SMILES string of the molecule is Fc1ccc2cc(-c3cc(F)c(N4CCCCC4)cn3)[nH]c2c1. The van der Waals surface area contributed by atoms with Crippen LogP contribution in [0.15, 0.2) is 36.5 Å². The maximum absolute atomic E-state index is 14.5. The van der Waals surface area contributed by atoms with Gasteiger partial charge in [0, 0.05) is 30.1 Å². The summed E-state index contributed by atoms with van der Waals surface area (Å²) in [6.45, 7) is 1.76. The zero-order valence-electron chi connectivity index (χ0n) is 12.6. The minimum absolute atomic E-state index is 0.262. The predicted molar refractivity (Wildman–Crippen MR) is 87.5 cm³/mol. The van der Waals surface area contributed by atoms with Gasteiger partial charge in [-0.25, -0.2) is 8.78 Å². The van der Waals surface area contributed by atoms with Crippen molar-refractivity contribution in [3.63, 3.8) is 0 Å². The summed E-state index contributed by atoms with van der Waals surface area (Å²) < 4.78 is 27.8. The zero-order valence-corrected chi connectivity index (χ0v) is 12.6. The van der Waals surface area contributed by atoms with Gasteiger partial charge < -0.3 is 9.88 Å². The maximum atomic E-state index is 14.5. The number of fused-ring (bicyclic) bond motifs is 1. The summed E-state index contributed by atoms with van der Waals surface area (Å²) >= 11 is 0. The van der Waals surface area contributed by atoms with E-state index in [-0.39, 0.29) is 11.6 Å². The Morgan fingerprint density at radius 1 is 1.00 bits per heavy atom. The molecule has 1 N–H and O–H groups in total. The molecule has 0 spiro atoms. The van der Waals surface area contributed by atoms with Crippen LogP contribution < -0.4 is 4.90 Å². The van der Waals surface area contributed by atoms with Crippen molar-refractivity contribution in [3.05, 3.63) is 48.2 Å². The van der Waals surface area contributed by atoms with Crippen molar-refractivity contribution in [3.8, 4) is 11.4 Å². The molecule has 23 heavy (non-hydrogen) atoms. The first-order chi connectivity index (χ1) is 11.2. The monoisotopic (exact) mass is 313 g/mol. The van der Waals surface area contributed by atoms with Crippen LogP contribution in [0.25, 0.3) is 22.3 Å². The van der Waals surface area contributed by atoms with Crippen molar-refractivity contribution in [2.45, 2.75) is 19.3 Å². The highest BCUT2D eigenvalue weighted by Gasteiger charge is 2.16. The lowest BCUT2D eigenvalue weighted by Crippen LogP contribution is -2.30. The van der Waals surface area contributed by atoms with Crippen LogP contribution in [0.1, 0.15) is 19.3 Å². The Morgan fingerprint density at radius 2 is 1.83 bits per heavy atom. The van der Waals surface area contributed by atoms with Gasteiger partial charge in [0.25, 0.3) is 0 Å². The quantitative estimate of drug-likeness (QED) is 0.755. The van der Waals surface area contributed by atoms with Crippen molar-refractivity contribution >= 4 is 16.6 Å². The molecular formula is C18H17F2N3. The highest BCUT2D eigenvalue weighted by atomic mass is 19.1. The number of pyridine rings is 1. The van der Waals surface area contributed by atoms with Gasteiger partial charge in [-0.05, 0) is 43.5 Å². The number of aromatic amines is 1. The number of H-pyrrole nitrogens is 1. The van der Waals surface area contributed by atoms with Gasteiger partial charge in [-0.15, -0.1) is 0 Å². The number of benzene rings is 1. The normalized spacial score (nSPS) is 15.3. The summed E-state index contributed by atoms with van der Waals surface area (Å²) in [4.78, 5) is 9.54. The second-order valence-corrected chi connectivity index (χ2v) is 5.98. The number of nitrogens with zero attached hydrogens (tertiary/aromatic N) is 2. The highest BCUT2D eigenvalue weighted by Crippen LogP contribution is 2.28. The Hall–Kier alpha value is -2.43. The summed E-state index contributed by atoms with van der Waals surface area (Å²) in [5.41, 5.74) is 2.47. The van der Waals surface area contributed by atoms with Crippen LogP contribution >= 0.6 is 0 Å². The summed E-state index contributed by atoms with van der Waals surface area (Å²) in [6.07, 6.45) is 4.99. The highest BCUT2D eigenvalue weighted by molar-refractivity contribution is 5.85. The van der Waals surface area contributed by atoms with Crippen LogP contribution in [0, 0.1) is 11.6 Å². The zero-order chi connectivity index (χ0) is 15.8. The van der Waals surface area contributed by atoms with E-state index in [0.29, 0.717) is 22.6 Å². The van der Waals surface area contributed by atoms with E-state index in [9.17, 15) is 8.78 Å². The van der Waals surface area contributed by atoms with Gasteiger partial charge >= 0.3 is 0 Å². The largest absolute Gasteiger partial charge is 0.368 e. The Kier molecular flexibility index (Phi) is 3.48.